The summed E-state index contributed by atoms with van der Waals surface area (Å²) in [6.45, 7) is 0.231. The number of aliphatic hydroxyl groups excluding tert-OH is 1. The molecule has 2 rings (SSSR count). The van der Waals surface area contributed by atoms with Crippen LogP contribution in [0.4, 0.5) is 4.39 Å². The van der Waals surface area contributed by atoms with Crippen molar-refractivity contribution in [1.82, 2.24) is 0 Å². The van der Waals surface area contributed by atoms with E-state index in [-0.39, 0.29) is 23.4 Å². The highest BCUT2D eigenvalue weighted by molar-refractivity contribution is 6.30. The molecule has 0 aliphatic heterocycles. The maximum absolute atomic E-state index is 14.1. The van der Waals surface area contributed by atoms with Gasteiger partial charge in [0.2, 0.25) is 0 Å². The molecular weight excluding hydrogens is 277 g/mol. The molecule has 3 N–H and O–H groups in total. The minimum Gasteiger partial charge on any atom is -0.392 e. The second-order valence-corrected chi connectivity index (χ2v) is 6.13. The summed E-state index contributed by atoms with van der Waals surface area (Å²) in [5.41, 5.74) is 6.24. The fourth-order valence-corrected chi connectivity index (χ4v) is 3.42. The first-order valence-corrected chi connectivity index (χ1v) is 7.85. The molecule has 0 amide bonds. The SMILES string of the molecule is NCC(c1cccc(Cl)c1F)C(O)C1CCCCCC1. The maximum atomic E-state index is 14.1. The van der Waals surface area contributed by atoms with Crippen LogP contribution in [0.1, 0.15) is 50.0 Å². The molecule has 20 heavy (non-hydrogen) atoms. The van der Waals surface area contributed by atoms with Gasteiger partial charge in [-0.15, -0.1) is 0 Å². The van der Waals surface area contributed by atoms with Gasteiger partial charge in [-0.3, -0.25) is 0 Å². The molecule has 2 nitrogen and oxygen atoms in total. The van der Waals surface area contributed by atoms with Crippen molar-refractivity contribution in [3.05, 3.63) is 34.6 Å². The van der Waals surface area contributed by atoms with Crippen LogP contribution in [-0.2, 0) is 0 Å². The molecule has 1 fully saturated rings. The van der Waals surface area contributed by atoms with Gasteiger partial charge in [-0.25, -0.2) is 4.39 Å². The highest BCUT2D eigenvalue weighted by atomic mass is 35.5. The number of nitrogens with two attached hydrogens (primary N) is 1. The summed E-state index contributed by atoms with van der Waals surface area (Å²) in [5, 5.41) is 10.7. The van der Waals surface area contributed by atoms with Gasteiger partial charge in [0, 0.05) is 12.5 Å². The number of benzene rings is 1. The van der Waals surface area contributed by atoms with Crippen LogP contribution in [-0.4, -0.2) is 17.8 Å². The molecule has 1 aliphatic carbocycles. The smallest absolute Gasteiger partial charge is 0.145 e. The Hall–Kier alpha value is -0.640. The molecule has 1 aromatic carbocycles. The molecule has 1 saturated carbocycles. The number of hydrogen-bond donors (Lipinski definition) is 2. The first-order chi connectivity index (χ1) is 9.65. The van der Waals surface area contributed by atoms with Crippen molar-refractivity contribution in [3.8, 4) is 0 Å². The van der Waals surface area contributed by atoms with Gasteiger partial charge >= 0.3 is 0 Å². The fraction of sp³-hybridized carbons (Fsp3) is 0.625. The highest BCUT2D eigenvalue weighted by Crippen LogP contribution is 2.34. The monoisotopic (exact) mass is 299 g/mol. The van der Waals surface area contributed by atoms with Gasteiger partial charge in [0.15, 0.2) is 0 Å². The van der Waals surface area contributed by atoms with Crippen LogP contribution in [0.15, 0.2) is 18.2 Å². The van der Waals surface area contributed by atoms with E-state index in [0.29, 0.717) is 5.56 Å². The van der Waals surface area contributed by atoms with E-state index in [1.54, 1.807) is 12.1 Å². The zero-order valence-corrected chi connectivity index (χ0v) is 12.5. The van der Waals surface area contributed by atoms with Crippen LogP contribution in [0.5, 0.6) is 0 Å². The maximum Gasteiger partial charge on any atom is 0.145 e. The van der Waals surface area contributed by atoms with E-state index in [9.17, 15) is 9.50 Å². The normalized spacial score (nSPS) is 20.4. The average molecular weight is 300 g/mol. The lowest BCUT2D eigenvalue weighted by molar-refractivity contribution is 0.0731. The molecule has 2 unspecified atom stereocenters. The molecule has 0 aromatic heterocycles. The number of hydrogen-bond acceptors (Lipinski definition) is 2. The number of halogens is 2. The van der Waals surface area contributed by atoms with Crippen molar-refractivity contribution in [3.63, 3.8) is 0 Å². The highest BCUT2D eigenvalue weighted by Gasteiger charge is 2.30. The Bertz CT molecular complexity index is 432. The Labute approximate surface area is 125 Å². The third kappa shape index (κ3) is 3.51. The predicted octanol–water partition coefficient (Wildman–Crippen LogP) is 3.85. The first-order valence-electron chi connectivity index (χ1n) is 7.47. The molecule has 0 bridgehead atoms. The summed E-state index contributed by atoms with van der Waals surface area (Å²) < 4.78 is 14.1. The van der Waals surface area contributed by atoms with Gasteiger partial charge < -0.3 is 10.8 Å². The van der Waals surface area contributed by atoms with Gasteiger partial charge in [-0.2, -0.15) is 0 Å². The lowest BCUT2D eigenvalue weighted by Crippen LogP contribution is -2.33. The van der Waals surface area contributed by atoms with Gasteiger partial charge in [0.1, 0.15) is 5.82 Å². The van der Waals surface area contributed by atoms with Crippen molar-refractivity contribution in [2.75, 3.05) is 6.54 Å². The van der Waals surface area contributed by atoms with E-state index in [2.05, 4.69) is 0 Å². The molecule has 112 valence electrons. The number of rotatable bonds is 4. The lowest BCUT2D eigenvalue weighted by atomic mass is 9.82. The van der Waals surface area contributed by atoms with E-state index < -0.39 is 11.9 Å². The summed E-state index contributed by atoms with van der Waals surface area (Å²) in [4.78, 5) is 0. The van der Waals surface area contributed by atoms with Gasteiger partial charge in [0.05, 0.1) is 11.1 Å². The van der Waals surface area contributed by atoms with E-state index in [1.807, 2.05) is 0 Å². The molecule has 0 heterocycles. The second-order valence-electron chi connectivity index (χ2n) is 5.73. The quantitative estimate of drug-likeness (QED) is 0.830. The molecule has 0 spiro atoms. The zero-order valence-electron chi connectivity index (χ0n) is 11.7. The van der Waals surface area contributed by atoms with Gasteiger partial charge in [-0.1, -0.05) is 49.4 Å². The lowest BCUT2D eigenvalue weighted by Gasteiger charge is -2.29. The Balaban J connectivity index is 2.19. The summed E-state index contributed by atoms with van der Waals surface area (Å²) in [6, 6.07) is 4.91. The van der Waals surface area contributed by atoms with Crippen LogP contribution in [0.3, 0.4) is 0 Å². The Kier molecular flexibility index (Phi) is 5.82. The molecule has 1 aliphatic rings. The van der Waals surface area contributed by atoms with Crippen molar-refractivity contribution in [2.45, 2.75) is 50.5 Å². The van der Waals surface area contributed by atoms with Crippen LogP contribution in [0.25, 0.3) is 0 Å². The summed E-state index contributed by atoms with van der Waals surface area (Å²) in [7, 11) is 0. The van der Waals surface area contributed by atoms with Gasteiger partial charge in [0.25, 0.3) is 0 Å². The standard InChI is InChI=1S/C16H23ClFNO/c17-14-9-5-8-12(15(14)18)13(10-19)16(20)11-6-3-1-2-4-7-11/h5,8-9,11,13,16,20H,1-4,6-7,10,19H2. The predicted molar refractivity (Wildman–Crippen MR) is 80.4 cm³/mol. The van der Waals surface area contributed by atoms with Crippen molar-refractivity contribution >= 4 is 11.6 Å². The van der Waals surface area contributed by atoms with E-state index >= 15 is 0 Å². The van der Waals surface area contributed by atoms with Crippen LogP contribution < -0.4 is 5.73 Å². The summed E-state index contributed by atoms with van der Waals surface area (Å²) >= 11 is 5.83. The first kappa shape index (κ1) is 15.7. The number of aliphatic hydroxyl groups is 1. The van der Waals surface area contributed by atoms with Crippen LogP contribution >= 0.6 is 11.6 Å². The Morgan fingerprint density at radius 3 is 2.50 bits per heavy atom. The summed E-state index contributed by atoms with van der Waals surface area (Å²) in [6.07, 6.45) is 6.13. The van der Waals surface area contributed by atoms with Gasteiger partial charge in [-0.05, 0) is 30.4 Å². The van der Waals surface area contributed by atoms with Crippen molar-refractivity contribution < 1.29 is 9.50 Å². The van der Waals surface area contributed by atoms with Crippen molar-refractivity contribution in [2.24, 2.45) is 11.7 Å². The second kappa shape index (κ2) is 7.39. The average Bonchev–Trinajstić information content (AvgIpc) is 2.73. The Morgan fingerprint density at radius 1 is 1.25 bits per heavy atom. The minimum absolute atomic E-state index is 0.0917. The van der Waals surface area contributed by atoms with E-state index in [1.165, 1.54) is 18.9 Å². The molecule has 0 radical (unpaired) electrons. The Morgan fingerprint density at radius 2 is 1.90 bits per heavy atom. The van der Waals surface area contributed by atoms with Crippen LogP contribution in [0.2, 0.25) is 5.02 Å². The van der Waals surface area contributed by atoms with E-state index in [4.69, 9.17) is 17.3 Å². The van der Waals surface area contributed by atoms with E-state index in [0.717, 1.165) is 25.7 Å². The fourth-order valence-electron chi connectivity index (χ4n) is 3.24. The molecule has 4 heteroatoms. The third-order valence-electron chi connectivity index (χ3n) is 4.43. The molecular formula is C16H23ClFNO. The molecule has 2 atom stereocenters. The van der Waals surface area contributed by atoms with Crippen molar-refractivity contribution in [1.29, 1.82) is 0 Å². The molecule has 0 saturated heterocycles. The summed E-state index contributed by atoms with van der Waals surface area (Å²) in [5.74, 6) is -0.612. The third-order valence-corrected chi connectivity index (χ3v) is 4.72. The topological polar surface area (TPSA) is 46.2 Å². The molecule has 1 aromatic rings. The van der Waals surface area contributed by atoms with Crippen LogP contribution in [0, 0.1) is 11.7 Å². The largest absolute Gasteiger partial charge is 0.392 e. The minimum atomic E-state index is -0.592. The zero-order chi connectivity index (χ0) is 14.5.